The molecule has 0 saturated carbocycles. The van der Waals surface area contributed by atoms with E-state index in [1.54, 1.807) is 55.6 Å². The minimum absolute atomic E-state index is 0.305. The number of ether oxygens (including phenoxy) is 1. The van der Waals surface area contributed by atoms with Crippen molar-refractivity contribution in [3.63, 3.8) is 0 Å². The van der Waals surface area contributed by atoms with Crippen molar-refractivity contribution in [3.8, 4) is 5.75 Å². The van der Waals surface area contributed by atoms with Crippen molar-refractivity contribution in [1.82, 2.24) is 0 Å². The summed E-state index contributed by atoms with van der Waals surface area (Å²) in [6.45, 7) is 0. The van der Waals surface area contributed by atoms with E-state index >= 15 is 0 Å². The van der Waals surface area contributed by atoms with Crippen LogP contribution in [-0.4, -0.2) is 36.8 Å². The van der Waals surface area contributed by atoms with E-state index in [-0.39, 0.29) is 11.7 Å². The summed E-state index contributed by atoms with van der Waals surface area (Å²) >= 11 is 6.10. The molecule has 2 amide bonds. The SMILES string of the molecule is COc1ccc(C(=O)[C@H]2[C@H](C(=O)Nc3ccc(Cl)cc3)N3c4ccccc4C=C[C@@H]3[C@]23C(=O)Nc2ccccc23)cc1. The van der Waals surface area contributed by atoms with Gasteiger partial charge in [0.15, 0.2) is 5.78 Å². The van der Waals surface area contributed by atoms with Crippen LogP contribution in [0.5, 0.6) is 5.75 Å². The summed E-state index contributed by atoms with van der Waals surface area (Å²) in [5.74, 6) is -1.48. The third-order valence-electron chi connectivity index (χ3n) is 8.58. The van der Waals surface area contributed by atoms with E-state index in [0.717, 1.165) is 11.3 Å². The Morgan fingerprint density at radius 2 is 1.64 bits per heavy atom. The monoisotopic (exact) mass is 575 g/mol. The van der Waals surface area contributed by atoms with E-state index in [2.05, 4.69) is 10.6 Å². The minimum atomic E-state index is -1.38. The highest BCUT2D eigenvalue weighted by atomic mass is 35.5. The van der Waals surface area contributed by atoms with Crippen LogP contribution in [-0.2, 0) is 15.0 Å². The largest absolute Gasteiger partial charge is 0.497 e. The molecular weight excluding hydrogens is 550 g/mol. The van der Waals surface area contributed by atoms with Gasteiger partial charge in [-0.1, -0.05) is 60.2 Å². The molecule has 8 heteroatoms. The van der Waals surface area contributed by atoms with Crippen molar-refractivity contribution in [3.05, 3.63) is 125 Å². The van der Waals surface area contributed by atoms with Crippen LogP contribution >= 0.6 is 11.6 Å². The fourth-order valence-corrected chi connectivity index (χ4v) is 6.93. The van der Waals surface area contributed by atoms with Crippen LogP contribution in [0.1, 0.15) is 21.5 Å². The average Bonchev–Trinajstić information content (AvgIpc) is 3.50. The Bertz CT molecular complexity index is 1770. The molecule has 3 heterocycles. The quantitative estimate of drug-likeness (QED) is 0.287. The second-order valence-corrected chi connectivity index (χ2v) is 11.1. The standard InChI is InChI=1S/C34H26ClN3O4/c1-42-24-17-10-21(11-18-24)31(39)29-30(32(40)36-23-15-13-22(35)14-16-23)38-27-9-5-2-6-20(27)12-19-28(38)34(29)25-7-3-4-8-26(25)37-33(34)41/h2-19,28-30H,1H3,(H,36,40)(H,37,41)/t28-,29-,30-,34+/m1/s1. The van der Waals surface area contributed by atoms with Crippen LogP contribution in [0.2, 0.25) is 5.02 Å². The number of hydrogen-bond acceptors (Lipinski definition) is 5. The number of Topliss-reactive ketones (excluding diaryl/α,β-unsaturated/α-hetero) is 1. The maximum absolute atomic E-state index is 14.8. The zero-order valence-electron chi connectivity index (χ0n) is 22.6. The van der Waals surface area contributed by atoms with Crippen molar-refractivity contribution >= 4 is 52.3 Å². The van der Waals surface area contributed by atoms with Gasteiger partial charge in [0.25, 0.3) is 0 Å². The molecule has 4 atom stereocenters. The van der Waals surface area contributed by atoms with E-state index in [1.165, 1.54) is 0 Å². The summed E-state index contributed by atoms with van der Waals surface area (Å²) in [4.78, 5) is 45.5. The lowest BCUT2D eigenvalue weighted by atomic mass is 9.64. The summed E-state index contributed by atoms with van der Waals surface area (Å²) < 4.78 is 5.32. The van der Waals surface area contributed by atoms with Crippen LogP contribution in [0, 0.1) is 5.92 Å². The van der Waals surface area contributed by atoms with Gasteiger partial charge < -0.3 is 20.3 Å². The van der Waals surface area contributed by atoms with Crippen molar-refractivity contribution in [1.29, 1.82) is 0 Å². The van der Waals surface area contributed by atoms with Crippen LogP contribution in [0.15, 0.2) is 103 Å². The van der Waals surface area contributed by atoms with Gasteiger partial charge in [-0.15, -0.1) is 0 Å². The maximum Gasteiger partial charge on any atom is 0.247 e. The summed E-state index contributed by atoms with van der Waals surface area (Å²) in [7, 11) is 1.56. The molecular formula is C34H26ClN3O4. The molecule has 0 radical (unpaired) electrons. The first-order valence-electron chi connectivity index (χ1n) is 13.6. The molecule has 1 spiro atoms. The number of rotatable bonds is 5. The Balaban J connectivity index is 1.47. The first-order valence-corrected chi connectivity index (χ1v) is 14.0. The molecule has 0 aliphatic carbocycles. The fourth-order valence-electron chi connectivity index (χ4n) is 6.80. The van der Waals surface area contributed by atoms with Gasteiger partial charge in [-0.2, -0.15) is 0 Å². The van der Waals surface area contributed by atoms with Crippen LogP contribution in [0.3, 0.4) is 0 Å². The van der Waals surface area contributed by atoms with E-state index in [0.29, 0.717) is 33.3 Å². The molecule has 3 aliphatic rings. The Kier molecular flexibility index (Phi) is 6.13. The second-order valence-electron chi connectivity index (χ2n) is 10.7. The number of carbonyl (C=O) groups is 3. The lowest BCUT2D eigenvalue weighted by Gasteiger charge is -2.37. The van der Waals surface area contributed by atoms with Gasteiger partial charge in [0.1, 0.15) is 17.2 Å². The Labute approximate surface area is 247 Å². The topological polar surface area (TPSA) is 87.7 Å². The molecule has 7 rings (SSSR count). The number of ketones is 1. The van der Waals surface area contributed by atoms with E-state index in [4.69, 9.17) is 16.3 Å². The van der Waals surface area contributed by atoms with E-state index < -0.39 is 29.3 Å². The number of methoxy groups -OCH3 is 1. The first kappa shape index (κ1) is 26.0. The minimum Gasteiger partial charge on any atom is -0.497 e. The molecule has 208 valence electrons. The number of anilines is 3. The molecule has 42 heavy (non-hydrogen) atoms. The zero-order chi connectivity index (χ0) is 29.0. The normalized spacial score (nSPS) is 23.1. The molecule has 7 nitrogen and oxygen atoms in total. The summed E-state index contributed by atoms with van der Waals surface area (Å²) in [5.41, 5.74) is 2.57. The number of hydrogen-bond donors (Lipinski definition) is 2. The van der Waals surface area contributed by atoms with Crippen molar-refractivity contribution < 1.29 is 19.1 Å². The number of nitrogens with one attached hydrogen (secondary N) is 2. The predicted molar refractivity (Wildman–Crippen MR) is 163 cm³/mol. The zero-order valence-corrected chi connectivity index (χ0v) is 23.3. The Hall–Kier alpha value is -4.88. The number of nitrogens with zero attached hydrogens (tertiary/aromatic N) is 1. The summed E-state index contributed by atoms with van der Waals surface area (Å²) in [5, 5.41) is 6.58. The number of para-hydroxylation sites is 2. The molecule has 0 bridgehead atoms. The number of amides is 2. The third kappa shape index (κ3) is 3.77. The number of halogens is 1. The maximum atomic E-state index is 14.8. The molecule has 3 aliphatic heterocycles. The number of carbonyl (C=O) groups excluding carboxylic acids is 3. The fraction of sp³-hybridized carbons (Fsp3) is 0.147. The third-order valence-corrected chi connectivity index (χ3v) is 8.83. The van der Waals surface area contributed by atoms with Gasteiger partial charge in [0.2, 0.25) is 11.8 Å². The van der Waals surface area contributed by atoms with Crippen molar-refractivity contribution in [2.24, 2.45) is 5.92 Å². The average molecular weight is 576 g/mol. The first-order chi connectivity index (χ1) is 20.4. The van der Waals surface area contributed by atoms with Gasteiger partial charge in [0.05, 0.1) is 19.1 Å². The molecule has 4 aromatic carbocycles. The summed E-state index contributed by atoms with van der Waals surface area (Å²) in [6, 6.07) is 27.1. The predicted octanol–water partition coefficient (Wildman–Crippen LogP) is 5.96. The Morgan fingerprint density at radius 1 is 0.929 bits per heavy atom. The number of fused-ring (bicyclic) bond motifs is 6. The van der Waals surface area contributed by atoms with Gasteiger partial charge in [-0.25, -0.2) is 0 Å². The lowest BCUT2D eigenvalue weighted by molar-refractivity contribution is -0.122. The van der Waals surface area contributed by atoms with Gasteiger partial charge in [-0.3, -0.25) is 14.4 Å². The van der Waals surface area contributed by atoms with Gasteiger partial charge in [0, 0.05) is 27.6 Å². The van der Waals surface area contributed by atoms with Gasteiger partial charge in [-0.05, 0) is 71.8 Å². The van der Waals surface area contributed by atoms with Crippen LogP contribution < -0.4 is 20.3 Å². The van der Waals surface area contributed by atoms with Crippen molar-refractivity contribution in [2.75, 3.05) is 22.6 Å². The summed E-state index contributed by atoms with van der Waals surface area (Å²) in [6.07, 6.45) is 3.93. The highest BCUT2D eigenvalue weighted by Crippen LogP contribution is 2.57. The van der Waals surface area contributed by atoms with Crippen LogP contribution in [0.25, 0.3) is 6.08 Å². The Morgan fingerprint density at radius 3 is 2.40 bits per heavy atom. The van der Waals surface area contributed by atoms with Crippen molar-refractivity contribution in [2.45, 2.75) is 17.5 Å². The molecule has 2 N–H and O–H groups in total. The van der Waals surface area contributed by atoms with Gasteiger partial charge >= 0.3 is 0 Å². The molecule has 0 unspecified atom stereocenters. The second kappa shape index (κ2) is 9.89. The highest BCUT2D eigenvalue weighted by Gasteiger charge is 2.70. The van der Waals surface area contributed by atoms with E-state index in [9.17, 15) is 14.4 Å². The van der Waals surface area contributed by atoms with Crippen LogP contribution in [0.4, 0.5) is 17.1 Å². The molecule has 4 aromatic rings. The molecule has 1 fully saturated rings. The highest BCUT2D eigenvalue weighted by molar-refractivity contribution is 6.30. The lowest BCUT2D eigenvalue weighted by Crippen LogP contribution is -2.51. The number of benzene rings is 4. The molecule has 1 saturated heterocycles. The smallest absolute Gasteiger partial charge is 0.247 e. The molecule has 0 aromatic heterocycles. The van der Waals surface area contributed by atoms with E-state index in [1.807, 2.05) is 65.6 Å².